The number of hydrogen-bond donors (Lipinski definition) is 1. The van der Waals surface area contributed by atoms with E-state index in [4.69, 9.17) is 14.2 Å². The number of esters is 1. The molecule has 1 saturated heterocycles. The fraction of sp³-hybridized carbons (Fsp3) is 0.429. The normalized spacial score (nSPS) is 14.7. The van der Waals surface area contributed by atoms with Gasteiger partial charge in [-0.1, -0.05) is 18.2 Å². The fourth-order valence-electron chi connectivity index (χ4n) is 3.98. The quantitative estimate of drug-likeness (QED) is 0.266. The Morgan fingerprint density at radius 3 is 2.12 bits per heavy atom. The molecule has 1 atom stereocenters. The number of hydrogen-bond acceptors (Lipinski definition) is 7. The molecule has 0 unspecified atom stereocenters. The van der Waals surface area contributed by atoms with Crippen LogP contribution in [-0.2, 0) is 19.1 Å². The number of carbonyl (C=O) groups excluding carboxylic acids is 4. The molecule has 9 nitrogen and oxygen atoms in total. The van der Waals surface area contributed by atoms with E-state index in [1.807, 2.05) is 0 Å². The van der Waals surface area contributed by atoms with Crippen LogP contribution in [0.3, 0.4) is 0 Å². The first-order valence-corrected chi connectivity index (χ1v) is 12.8. The van der Waals surface area contributed by atoms with Gasteiger partial charge >= 0.3 is 12.1 Å². The highest BCUT2D eigenvalue weighted by atomic mass is 19.2. The average molecular weight is 583 g/mol. The molecule has 1 aliphatic heterocycles. The topological polar surface area (TPSA) is 111 Å². The average Bonchev–Trinajstić information content (AvgIpc) is 2.91. The van der Waals surface area contributed by atoms with Crippen LogP contribution in [0, 0.1) is 29.2 Å². The van der Waals surface area contributed by atoms with E-state index in [0.717, 1.165) is 0 Å². The second-order valence-electron chi connectivity index (χ2n) is 10.3. The number of rotatable bonds is 9. The Labute approximate surface area is 233 Å². The van der Waals surface area contributed by atoms with Crippen molar-refractivity contribution in [2.24, 2.45) is 5.92 Å². The van der Waals surface area contributed by atoms with Crippen molar-refractivity contribution in [3.8, 4) is 11.5 Å². The molecule has 3 rings (SSSR count). The number of likely N-dealkylation sites (tertiary alicyclic amines) is 1. The summed E-state index contributed by atoms with van der Waals surface area (Å²) in [5.41, 5.74) is -0.919. The van der Waals surface area contributed by atoms with E-state index in [9.17, 15) is 36.7 Å². The zero-order chi connectivity index (χ0) is 30.3. The number of halogens is 4. The van der Waals surface area contributed by atoms with E-state index in [0.29, 0.717) is 5.75 Å². The Kier molecular flexibility index (Phi) is 10.3. The summed E-state index contributed by atoms with van der Waals surface area (Å²) in [7, 11) is 0. The van der Waals surface area contributed by atoms with Crippen molar-refractivity contribution in [1.29, 1.82) is 0 Å². The van der Waals surface area contributed by atoms with Crippen LogP contribution in [0.15, 0.2) is 36.4 Å². The van der Waals surface area contributed by atoms with Crippen molar-refractivity contribution in [2.45, 2.75) is 51.7 Å². The highest BCUT2D eigenvalue weighted by molar-refractivity contribution is 5.93. The number of carbonyl (C=O) groups is 4. The lowest BCUT2D eigenvalue weighted by atomic mass is 9.95. The predicted molar refractivity (Wildman–Crippen MR) is 136 cm³/mol. The summed E-state index contributed by atoms with van der Waals surface area (Å²) in [5, 5.41) is 2.44. The molecule has 0 bridgehead atoms. The van der Waals surface area contributed by atoms with Crippen LogP contribution in [0.2, 0.25) is 0 Å². The number of Topliss-reactive ketones (excluding diaryl/α,β-unsaturated/α-hetero) is 1. The minimum absolute atomic E-state index is 0.0163. The third-order valence-electron chi connectivity index (χ3n) is 6.00. The molecule has 0 aromatic heterocycles. The van der Waals surface area contributed by atoms with Crippen LogP contribution in [-0.4, -0.2) is 60.0 Å². The van der Waals surface area contributed by atoms with Gasteiger partial charge < -0.3 is 24.4 Å². The van der Waals surface area contributed by atoms with Crippen LogP contribution in [0.4, 0.5) is 22.4 Å². The molecule has 0 radical (unpaired) electrons. The van der Waals surface area contributed by atoms with Gasteiger partial charge in [0.25, 0.3) is 0 Å². The molecule has 13 heteroatoms. The smallest absolute Gasteiger partial charge is 0.415 e. The zero-order valence-electron chi connectivity index (χ0n) is 22.7. The fourth-order valence-corrected chi connectivity index (χ4v) is 3.98. The SMILES string of the molecule is CC(C)(C)OC(=O)C[C@H](NC(=O)C1CCN(C(=O)Oc2ccccc2)CC1)C(=O)COc1c(F)c(F)cc(F)c1F. The molecule has 222 valence electrons. The maximum atomic E-state index is 14.0. The molecular formula is C28H30F4N2O7. The Hall–Kier alpha value is -4.16. The van der Waals surface area contributed by atoms with Gasteiger partial charge in [-0.3, -0.25) is 14.4 Å². The number of nitrogens with zero attached hydrogens (tertiary/aromatic N) is 1. The summed E-state index contributed by atoms with van der Waals surface area (Å²) in [6.07, 6.45) is -0.786. The summed E-state index contributed by atoms with van der Waals surface area (Å²) in [6, 6.07) is 6.88. The molecule has 1 fully saturated rings. The number of nitrogens with one attached hydrogen (secondary N) is 1. The van der Waals surface area contributed by atoms with Gasteiger partial charge in [-0.05, 0) is 45.7 Å². The third kappa shape index (κ3) is 8.92. The molecule has 1 N–H and O–H groups in total. The first kappa shape index (κ1) is 31.4. The van der Waals surface area contributed by atoms with Gasteiger partial charge in [0, 0.05) is 25.1 Å². The van der Waals surface area contributed by atoms with Crippen molar-refractivity contribution in [3.05, 3.63) is 59.7 Å². The Morgan fingerprint density at radius 2 is 1.56 bits per heavy atom. The van der Waals surface area contributed by atoms with Crippen molar-refractivity contribution >= 4 is 23.8 Å². The van der Waals surface area contributed by atoms with Crippen LogP contribution in [0.5, 0.6) is 11.5 Å². The lowest BCUT2D eigenvalue weighted by Crippen LogP contribution is -2.49. The molecule has 2 aromatic carbocycles. The first-order chi connectivity index (χ1) is 19.2. The van der Waals surface area contributed by atoms with E-state index in [2.05, 4.69) is 5.32 Å². The van der Waals surface area contributed by atoms with Crippen molar-refractivity contribution in [3.63, 3.8) is 0 Å². The minimum atomic E-state index is -1.85. The summed E-state index contributed by atoms with van der Waals surface area (Å²) >= 11 is 0. The standard InChI is InChI=1S/C28H30F4N2O7/c1-28(2,3)41-22(36)14-20(21(35)15-39-25-23(31)18(29)13-19(30)24(25)32)33-26(37)16-9-11-34(12-10-16)27(38)40-17-7-5-4-6-8-17/h4-8,13,16,20H,9-12,14-15H2,1-3H3,(H,33,37)/t20-/m0/s1. The molecule has 41 heavy (non-hydrogen) atoms. The molecule has 1 heterocycles. The molecule has 0 saturated carbocycles. The minimum Gasteiger partial charge on any atom is -0.479 e. The van der Waals surface area contributed by atoms with E-state index in [-0.39, 0.29) is 32.0 Å². The maximum absolute atomic E-state index is 14.0. The van der Waals surface area contributed by atoms with Crippen molar-refractivity contribution in [2.75, 3.05) is 19.7 Å². The lowest BCUT2D eigenvalue weighted by molar-refractivity contribution is -0.156. The highest BCUT2D eigenvalue weighted by Crippen LogP contribution is 2.27. The van der Waals surface area contributed by atoms with Crippen LogP contribution < -0.4 is 14.8 Å². The van der Waals surface area contributed by atoms with E-state index in [1.165, 1.54) is 4.90 Å². The molecule has 1 aliphatic rings. The summed E-state index contributed by atoms with van der Waals surface area (Å²) in [4.78, 5) is 52.2. The second-order valence-corrected chi connectivity index (χ2v) is 10.3. The Bertz CT molecular complexity index is 1250. The highest BCUT2D eigenvalue weighted by Gasteiger charge is 2.33. The molecule has 2 amide bonds. The van der Waals surface area contributed by atoms with E-state index >= 15 is 0 Å². The zero-order valence-corrected chi connectivity index (χ0v) is 22.7. The van der Waals surface area contributed by atoms with Gasteiger partial charge in [-0.15, -0.1) is 0 Å². The molecular weight excluding hydrogens is 552 g/mol. The number of benzene rings is 2. The summed E-state index contributed by atoms with van der Waals surface area (Å²) < 4.78 is 70.1. The Balaban J connectivity index is 1.64. The molecule has 0 spiro atoms. The van der Waals surface area contributed by atoms with E-state index in [1.54, 1.807) is 51.1 Å². The van der Waals surface area contributed by atoms with Crippen LogP contribution >= 0.6 is 0 Å². The van der Waals surface area contributed by atoms with Gasteiger partial charge in [0.15, 0.2) is 23.2 Å². The van der Waals surface area contributed by atoms with Crippen molar-refractivity contribution in [1.82, 2.24) is 10.2 Å². The lowest BCUT2D eigenvalue weighted by Gasteiger charge is -2.31. The van der Waals surface area contributed by atoms with Gasteiger partial charge in [0.2, 0.25) is 17.5 Å². The second kappa shape index (κ2) is 13.5. The van der Waals surface area contributed by atoms with Gasteiger partial charge in [0.05, 0.1) is 6.42 Å². The van der Waals surface area contributed by atoms with Crippen molar-refractivity contribution < 1.29 is 51.0 Å². The van der Waals surface area contributed by atoms with Crippen LogP contribution in [0.25, 0.3) is 0 Å². The number of ether oxygens (including phenoxy) is 3. The first-order valence-electron chi connectivity index (χ1n) is 12.8. The third-order valence-corrected chi connectivity index (χ3v) is 6.00. The van der Waals surface area contributed by atoms with E-state index < -0.39 is 83.4 Å². The largest absolute Gasteiger partial charge is 0.479 e. The van der Waals surface area contributed by atoms with Gasteiger partial charge in [0.1, 0.15) is 24.0 Å². The number of ketones is 1. The van der Waals surface area contributed by atoms with Gasteiger partial charge in [-0.2, -0.15) is 8.78 Å². The predicted octanol–water partition coefficient (Wildman–Crippen LogP) is 4.32. The van der Waals surface area contributed by atoms with Crippen LogP contribution in [0.1, 0.15) is 40.0 Å². The monoisotopic (exact) mass is 582 g/mol. The molecule has 2 aromatic rings. The summed E-state index contributed by atoms with van der Waals surface area (Å²) in [6.45, 7) is 4.01. The van der Waals surface area contributed by atoms with Gasteiger partial charge in [-0.25, -0.2) is 13.6 Å². The molecule has 0 aliphatic carbocycles. The summed E-state index contributed by atoms with van der Waals surface area (Å²) in [5.74, 6) is -11.4. The number of amides is 2. The maximum Gasteiger partial charge on any atom is 0.415 e. The number of para-hydroxylation sites is 1. The number of piperidine rings is 1. The Morgan fingerprint density at radius 1 is 0.976 bits per heavy atom.